The van der Waals surface area contributed by atoms with Crippen LogP contribution >= 0.6 is 11.3 Å². The van der Waals surface area contributed by atoms with Gasteiger partial charge in [-0.25, -0.2) is 4.98 Å². The molecule has 0 atom stereocenters. The largest absolute Gasteiger partial charge is 0.490 e. The Morgan fingerprint density at radius 2 is 2.23 bits per heavy atom. The number of aryl methyl sites for hydroxylation is 1. The van der Waals surface area contributed by atoms with Crippen LogP contribution in [0.1, 0.15) is 34.8 Å². The minimum absolute atomic E-state index is 0.0367. The lowest BCUT2D eigenvalue weighted by Crippen LogP contribution is -2.48. The predicted octanol–water partition coefficient (Wildman–Crippen LogP) is 3.08. The second-order valence-electron chi connectivity index (χ2n) is 8.35. The van der Waals surface area contributed by atoms with Gasteiger partial charge in [0.1, 0.15) is 17.2 Å². The summed E-state index contributed by atoms with van der Waals surface area (Å²) >= 11 is 1.45. The van der Waals surface area contributed by atoms with E-state index in [1.807, 2.05) is 45.4 Å². The smallest absolute Gasteiger partial charge is 0.263 e. The van der Waals surface area contributed by atoms with E-state index in [-0.39, 0.29) is 11.4 Å². The first kappa shape index (κ1) is 18.9. The van der Waals surface area contributed by atoms with Crippen molar-refractivity contribution in [3.63, 3.8) is 0 Å². The van der Waals surface area contributed by atoms with Crippen molar-refractivity contribution in [2.75, 3.05) is 23.4 Å². The lowest BCUT2D eigenvalue weighted by atomic mass is 9.94. The van der Waals surface area contributed by atoms with Gasteiger partial charge in [0.2, 0.25) is 0 Å². The molecule has 0 bridgehead atoms. The fourth-order valence-corrected chi connectivity index (χ4v) is 4.89. The fourth-order valence-electron chi connectivity index (χ4n) is 3.87. The van der Waals surface area contributed by atoms with Crippen molar-refractivity contribution in [3.05, 3.63) is 46.7 Å². The van der Waals surface area contributed by atoms with Crippen LogP contribution in [0.3, 0.4) is 0 Å². The highest BCUT2D eigenvalue weighted by atomic mass is 32.1. The Morgan fingerprint density at radius 3 is 3.03 bits per heavy atom. The quantitative estimate of drug-likeness (QED) is 0.670. The number of aromatic nitrogens is 3. The third-order valence-electron chi connectivity index (χ3n) is 5.26. The summed E-state index contributed by atoms with van der Waals surface area (Å²) in [5.41, 5.74) is 3.67. The van der Waals surface area contributed by atoms with Gasteiger partial charge in [-0.05, 0) is 32.0 Å². The van der Waals surface area contributed by atoms with Crippen LogP contribution < -0.4 is 20.3 Å². The molecule has 2 N–H and O–H groups in total. The zero-order valence-corrected chi connectivity index (χ0v) is 18.0. The Kier molecular flexibility index (Phi) is 4.43. The normalized spacial score (nSPS) is 17.0. The SMILES string of the molecule is Cn1cc(CNc2ccc3c(c2)N(c2nc4c(s2)C(=O)NC(C)(C)C4)CCO3)cn1. The van der Waals surface area contributed by atoms with Crippen molar-refractivity contribution >= 4 is 33.8 Å². The highest BCUT2D eigenvalue weighted by molar-refractivity contribution is 7.17. The Hall–Kier alpha value is -3.07. The van der Waals surface area contributed by atoms with Gasteiger partial charge in [-0.3, -0.25) is 9.48 Å². The molecule has 2 aliphatic heterocycles. The summed E-state index contributed by atoms with van der Waals surface area (Å²) in [6.07, 6.45) is 4.58. The van der Waals surface area contributed by atoms with E-state index in [2.05, 4.69) is 26.7 Å². The number of carbonyl (C=O) groups is 1. The maximum atomic E-state index is 12.5. The zero-order chi connectivity index (χ0) is 20.9. The van der Waals surface area contributed by atoms with Crippen molar-refractivity contribution in [3.8, 4) is 5.75 Å². The van der Waals surface area contributed by atoms with Crippen molar-refractivity contribution in [2.24, 2.45) is 7.05 Å². The molecule has 1 amide bonds. The molecule has 0 unspecified atom stereocenters. The summed E-state index contributed by atoms with van der Waals surface area (Å²) in [5, 5.41) is 11.6. The maximum absolute atomic E-state index is 12.5. The number of ether oxygens (including phenoxy) is 1. The molecule has 3 aromatic rings. The van der Waals surface area contributed by atoms with Gasteiger partial charge in [-0.1, -0.05) is 11.3 Å². The number of nitrogens with zero attached hydrogens (tertiary/aromatic N) is 4. The van der Waals surface area contributed by atoms with E-state index < -0.39 is 0 Å². The van der Waals surface area contributed by atoms with Gasteiger partial charge in [0.15, 0.2) is 5.13 Å². The lowest BCUT2D eigenvalue weighted by Gasteiger charge is -2.30. The molecule has 0 radical (unpaired) electrons. The molecule has 9 heteroatoms. The monoisotopic (exact) mass is 424 g/mol. The van der Waals surface area contributed by atoms with Crippen LogP contribution in [0.2, 0.25) is 0 Å². The Balaban J connectivity index is 1.43. The van der Waals surface area contributed by atoms with E-state index in [9.17, 15) is 4.79 Å². The van der Waals surface area contributed by atoms with Gasteiger partial charge in [-0.15, -0.1) is 0 Å². The first-order chi connectivity index (χ1) is 14.4. The van der Waals surface area contributed by atoms with Crippen LogP contribution in [-0.4, -0.2) is 39.4 Å². The molecule has 0 saturated carbocycles. The average Bonchev–Trinajstić information content (AvgIpc) is 3.31. The van der Waals surface area contributed by atoms with Crippen LogP contribution in [0.25, 0.3) is 0 Å². The van der Waals surface area contributed by atoms with Crippen LogP contribution in [0.15, 0.2) is 30.6 Å². The molecule has 8 nitrogen and oxygen atoms in total. The Bertz CT molecular complexity index is 1120. The molecular weight excluding hydrogens is 400 g/mol. The van der Waals surface area contributed by atoms with E-state index >= 15 is 0 Å². The molecule has 0 aliphatic carbocycles. The summed E-state index contributed by atoms with van der Waals surface area (Å²) in [6.45, 7) is 6.01. The summed E-state index contributed by atoms with van der Waals surface area (Å²) in [7, 11) is 1.91. The van der Waals surface area contributed by atoms with Gasteiger partial charge in [0.05, 0.1) is 24.1 Å². The van der Waals surface area contributed by atoms with Gasteiger partial charge < -0.3 is 20.3 Å². The van der Waals surface area contributed by atoms with E-state index in [1.165, 1.54) is 11.3 Å². The second-order valence-corrected chi connectivity index (χ2v) is 9.32. The number of amides is 1. The zero-order valence-electron chi connectivity index (χ0n) is 17.2. The molecule has 2 aliphatic rings. The highest BCUT2D eigenvalue weighted by Gasteiger charge is 2.34. The van der Waals surface area contributed by atoms with Crippen LogP contribution in [-0.2, 0) is 20.0 Å². The van der Waals surface area contributed by atoms with Gasteiger partial charge in [-0.2, -0.15) is 5.10 Å². The van der Waals surface area contributed by atoms with Crippen LogP contribution in [0, 0.1) is 0 Å². The number of hydrogen-bond donors (Lipinski definition) is 2. The molecule has 156 valence electrons. The van der Waals surface area contributed by atoms with E-state index in [1.54, 1.807) is 4.68 Å². The number of hydrogen-bond acceptors (Lipinski definition) is 7. The number of fused-ring (bicyclic) bond motifs is 2. The second kappa shape index (κ2) is 7.02. The molecule has 0 saturated heterocycles. The van der Waals surface area contributed by atoms with Gasteiger partial charge in [0, 0.05) is 43.0 Å². The molecule has 0 fully saturated rings. The third-order valence-corrected chi connectivity index (χ3v) is 6.38. The summed E-state index contributed by atoms with van der Waals surface area (Å²) < 4.78 is 7.66. The third kappa shape index (κ3) is 3.49. The van der Waals surface area contributed by atoms with Crippen molar-refractivity contribution < 1.29 is 9.53 Å². The number of nitrogens with one attached hydrogen (secondary N) is 2. The fraction of sp³-hybridized carbons (Fsp3) is 0.381. The van der Waals surface area contributed by atoms with Crippen molar-refractivity contribution in [2.45, 2.75) is 32.4 Å². The molecule has 4 heterocycles. The first-order valence-electron chi connectivity index (χ1n) is 9.96. The van der Waals surface area contributed by atoms with E-state index in [0.717, 1.165) is 39.9 Å². The summed E-state index contributed by atoms with van der Waals surface area (Å²) in [6, 6.07) is 6.08. The number of rotatable bonds is 4. The van der Waals surface area contributed by atoms with E-state index in [0.29, 0.717) is 24.6 Å². The van der Waals surface area contributed by atoms with E-state index in [4.69, 9.17) is 9.72 Å². The van der Waals surface area contributed by atoms with Crippen molar-refractivity contribution in [1.82, 2.24) is 20.1 Å². The minimum atomic E-state index is -0.276. The van der Waals surface area contributed by atoms with Gasteiger partial charge in [0.25, 0.3) is 5.91 Å². The molecule has 30 heavy (non-hydrogen) atoms. The standard InChI is InChI=1S/C21H24N6O2S/c1-21(2)9-15-18(19(28)25-21)30-20(24-15)27-6-7-29-17-5-4-14(8-16(17)27)22-10-13-11-23-26(3)12-13/h4-5,8,11-12,22H,6-7,9-10H2,1-3H3,(H,25,28). The van der Waals surface area contributed by atoms with Crippen LogP contribution in [0.4, 0.5) is 16.5 Å². The maximum Gasteiger partial charge on any atom is 0.263 e. The predicted molar refractivity (Wildman–Crippen MR) is 117 cm³/mol. The summed E-state index contributed by atoms with van der Waals surface area (Å²) in [4.78, 5) is 20.2. The Morgan fingerprint density at radius 1 is 1.37 bits per heavy atom. The molecular formula is C21H24N6O2S. The lowest BCUT2D eigenvalue weighted by molar-refractivity contribution is 0.0901. The van der Waals surface area contributed by atoms with Crippen LogP contribution in [0.5, 0.6) is 5.75 Å². The Labute approximate surface area is 178 Å². The van der Waals surface area contributed by atoms with Crippen molar-refractivity contribution in [1.29, 1.82) is 0 Å². The number of benzene rings is 1. The molecule has 5 rings (SSSR count). The average molecular weight is 425 g/mol. The minimum Gasteiger partial charge on any atom is -0.490 e. The summed E-state index contributed by atoms with van der Waals surface area (Å²) in [5.74, 6) is 0.788. The highest BCUT2D eigenvalue weighted by Crippen LogP contribution is 2.41. The molecule has 1 aromatic carbocycles. The molecule has 0 spiro atoms. The topological polar surface area (TPSA) is 84.3 Å². The number of carbonyl (C=O) groups excluding carboxylic acids is 1. The number of anilines is 3. The molecule has 2 aromatic heterocycles. The number of thiazole rings is 1. The van der Waals surface area contributed by atoms with Gasteiger partial charge >= 0.3 is 0 Å². The first-order valence-corrected chi connectivity index (χ1v) is 10.8.